The highest BCUT2D eigenvalue weighted by molar-refractivity contribution is 7.89. The lowest BCUT2D eigenvalue weighted by Crippen LogP contribution is -2.49. The molecule has 2 heterocycles. The van der Waals surface area contributed by atoms with E-state index in [0.717, 1.165) is 16.8 Å². The van der Waals surface area contributed by atoms with Crippen molar-refractivity contribution in [2.45, 2.75) is 38.0 Å². The highest BCUT2D eigenvalue weighted by atomic mass is 32.2. The van der Waals surface area contributed by atoms with Crippen molar-refractivity contribution < 1.29 is 13.2 Å². The molecule has 2 aromatic rings. The number of aryl methyl sites for hydroxylation is 2. The standard InChI is InChI=1S/C23H25N3O3S/c1-17-12-18(2)14-20(13-17)26-11-9-23(22(26)27)8-3-10-25(16-23)30(28,29)21-6-4-19(15-24)5-7-21/h4-7,12-14H,3,8-11,16H2,1-2H3. The second kappa shape index (κ2) is 7.53. The first kappa shape index (κ1) is 20.6. The van der Waals surface area contributed by atoms with Gasteiger partial charge in [0.1, 0.15) is 0 Å². The highest BCUT2D eigenvalue weighted by Gasteiger charge is 2.51. The van der Waals surface area contributed by atoms with Gasteiger partial charge in [0.25, 0.3) is 0 Å². The molecule has 0 bridgehead atoms. The van der Waals surface area contributed by atoms with Gasteiger partial charge in [0.2, 0.25) is 15.9 Å². The Hall–Kier alpha value is -2.69. The van der Waals surface area contributed by atoms with Crippen LogP contribution in [0.4, 0.5) is 5.69 Å². The molecule has 0 saturated carbocycles. The average Bonchev–Trinajstić information content (AvgIpc) is 3.03. The Morgan fingerprint density at radius 1 is 1.00 bits per heavy atom. The number of carbonyl (C=O) groups excluding carboxylic acids is 1. The molecule has 2 aliphatic heterocycles. The minimum absolute atomic E-state index is 0.0206. The van der Waals surface area contributed by atoms with Crippen LogP contribution in [0.15, 0.2) is 47.4 Å². The molecule has 2 saturated heterocycles. The number of sulfonamides is 1. The number of rotatable bonds is 3. The van der Waals surface area contributed by atoms with E-state index in [1.54, 1.807) is 0 Å². The molecule has 2 fully saturated rings. The van der Waals surface area contributed by atoms with Gasteiger partial charge in [-0.1, -0.05) is 6.07 Å². The molecule has 0 N–H and O–H groups in total. The van der Waals surface area contributed by atoms with Crippen LogP contribution in [-0.4, -0.2) is 38.3 Å². The van der Waals surface area contributed by atoms with Gasteiger partial charge in [0.15, 0.2) is 0 Å². The Balaban J connectivity index is 1.60. The molecule has 156 valence electrons. The molecule has 1 amide bonds. The number of hydrogen-bond acceptors (Lipinski definition) is 4. The van der Waals surface area contributed by atoms with Crippen molar-refractivity contribution in [3.63, 3.8) is 0 Å². The summed E-state index contributed by atoms with van der Waals surface area (Å²) in [6.07, 6.45) is 2.01. The normalized spacial score (nSPS) is 22.4. The molecule has 1 unspecified atom stereocenters. The van der Waals surface area contributed by atoms with Gasteiger partial charge >= 0.3 is 0 Å². The summed E-state index contributed by atoms with van der Waals surface area (Å²) >= 11 is 0. The number of anilines is 1. The third-order valence-electron chi connectivity index (χ3n) is 6.19. The number of amides is 1. The van der Waals surface area contributed by atoms with Crippen LogP contribution in [0.1, 0.15) is 36.0 Å². The number of carbonyl (C=O) groups is 1. The number of nitrogens with zero attached hydrogens (tertiary/aromatic N) is 3. The van der Waals surface area contributed by atoms with E-state index in [-0.39, 0.29) is 17.3 Å². The number of hydrogen-bond donors (Lipinski definition) is 0. The summed E-state index contributed by atoms with van der Waals surface area (Å²) in [5.41, 5.74) is 2.84. The van der Waals surface area contributed by atoms with Crippen molar-refractivity contribution in [3.8, 4) is 6.07 Å². The zero-order chi connectivity index (χ0) is 21.5. The van der Waals surface area contributed by atoms with E-state index >= 15 is 0 Å². The van der Waals surface area contributed by atoms with Crippen LogP contribution >= 0.6 is 0 Å². The summed E-state index contributed by atoms with van der Waals surface area (Å²) in [6, 6.07) is 14.0. The highest BCUT2D eigenvalue weighted by Crippen LogP contribution is 2.43. The van der Waals surface area contributed by atoms with Gasteiger partial charge in [-0.25, -0.2) is 8.42 Å². The fourth-order valence-electron chi connectivity index (χ4n) is 4.70. The summed E-state index contributed by atoms with van der Waals surface area (Å²) in [5.74, 6) is 0.0206. The van der Waals surface area contributed by atoms with Crippen molar-refractivity contribution in [2.75, 3.05) is 24.5 Å². The monoisotopic (exact) mass is 423 g/mol. The Bertz CT molecular complexity index is 1120. The molecule has 1 spiro atoms. The quantitative estimate of drug-likeness (QED) is 0.758. The summed E-state index contributed by atoms with van der Waals surface area (Å²) in [4.78, 5) is 15.4. The van der Waals surface area contributed by atoms with Crippen LogP contribution in [0.25, 0.3) is 0 Å². The predicted octanol–water partition coefficient (Wildman–Crippen LogP) is 3.38. The Kier molecular flexibility index (Phi) is 5.16. The Morgan fingerprint density at radius 3 is 2.30 bits per heavy atom. The molecule has 2 aliphatic rings. The zero-order valence-corrected chi connectivity index (χ0v) is 18.1. The van der Waals surface area contributed by atoms with E-state index in [9.17, 15) is 13.2 Å². The summed E-state index contributed by atoms with van der Waals surface area (Å²) in [5, 5.41) is 8.95. The van der Waals surface area contributed by atoms with Gasteiger partial charge in [0.05, 0.1) is 21.9 Å². The third-order valence-corrected chi connectivity index (χ3v) is 8.05. The summed E-state index contributed by atoms with van der Waals surface area (Å²) in [6.45, 7) is 5.24. The molecule has 7 heteroatoms. The molecular weight excluding hydrogens is 398 g/mol. The van der Waals surface area contributed by atoms with Crippen molar-refractivity contribution in [2.24, 2.45) is 5.41 Å². The molecule has 4 rings (SSSR count). The zero-order valence-electron chi connectivity index (χ0n) is 17.3. The van der Waals surface area contributed by atoms with Crippen LogP contribution in [0.2, 0.25) is 0 Å². The van der Waals surface area contributed by atoms with Crippen LogP contribution in [0.5, 0.6) is 0 Å². The smallest absolute Gasteiger partial charge is 0.243 e. The van der Waals surface area contributed by atoms with Crippen molar-refractivity contribution >= 4 is 21.6 Å². The minimum Gasteiger partial charge on any atom is -0.312 e. The fourth-order valence-corrected chi connectivity index (χ4v) is 6.26. The SMILES string of the molecule is Cc1cc(C)cc(N2CCC3(CCCN(S(=O)(=O)c4ccc(C#N)cc4)C3)C2=O)c1. The van der Waals surface area contributed by atoms with E-state index in [2.05, 4.69) is 6.07 Å². The lowest BCUT2D eigenvalue weighted by molar-refractivity contribution is -0.127. The van der Waals surface area contributed by atoms with Gasteiger partial charge in [-0.3, -0.25) is 4.79 Å². The molecule has 0 radical (unpaired) electrons. The molecule has 0 aromatic heterocycles. The average molecular weight is 424 g/mol. The van der Waals surface area contributed by atoms with E-state index in [0.29, 0.717) is 37.9 Å². The first-order chi connectivity index (χ1) is 14.2. The molecule has 0 aliphatic carbocycles. The van der Waals surface area contributed by atoms with E-state index in [1.165, 1.54) is 28.6 Å². The second-order valence-electron chi connectivity index (χ2n) is 8.41. The van der Waals surface area contributed by atoms with Crippen molar-refractivity contribution in [1.82, 2.24) is 4.31 Å². The van der Waals surface area contributed by atoms with Crippen molar-refractivity contribution in [1.29, 1.82) is 5.26 Å². The number of nitriles is 1. The maximum Gasteiger partial charge on any atom is 0.243 e. The lowest BCUT2D eigenvalue weighted by atomic mass is 9.79. The second-order valence-corrected chi connectivity index (χ2v) is 10.3. The molecule has 1 atom stereocenters. The minimum atomic E-state index is -3.72. The van der Waals surface area contributed by atoms with E-state index in [4.69, 9.17) is 5.26 Å². The Labute approximate surface area is 177 Å². The van der Waals surface area contributed by atoms with E-state index in [1.807, 2.05) is 36.9 Å². The fraction of sp³-hybridized carbons (Fsp3) is 0.391. The predicted molar refractivity (Wildman–Crippen MR) is 114 cm³/mol. The molecular formula is C23H25N3O3S. The first-order valence-electron chi connectivity index (χ1n) is 10.2. The maximum atomic E-state index is 13.5. The molecule has 2 aromatic carbocycles. The van der Waals surface area contributed by atoms with Crippen LogP contribution < -0.4 is 4.90 Å². The van der Waals surface area contributed by atoms with E-state index < -0.39 is 15.4 Å². The first-order valence-corrected chi connectivity index (χ1v) is 11.6. The Morgan fingerprint density at radius 2 is 1.67 bits per heavy atom. The van der Waals surface area contributed by atoms with Crippen molar-refractivity contribution in [3.05, 3.63) is 59.2 Å². The molecule has 6 nitrogen and oxygen atoms in total. The largest absolute Gasteiger partial charge is 0.312 e. The van der Waals surface area contributed by atoms with Gasteiger partial charge < -0.3 is 4.90 Å². The molecule has 30 heavy (non-hydrogen) atoms. The van der Waals surface area contributed by atoms with Gasteiger partial charge in [-0.2, -0.15) is 9.57 Å². The number of benzene rings is 2. The third kappa shape index (κ3) is 3.51. The maximum absolute atomic E-state index is 13.5. The van der Waals surface area contributed by atoms with Crippen LogP contribution in [0, 0.1) is 30.6 Å². The van der Waals surface area contributed by atoms with Gasteiger partial charge in [-0.15, -0.1) is 0 Å². The summed E-state index contributed by atoms with van der Waals surface area (Å²) < 4.78 is 27.8. The van der Waals surface area contributed by atoms with Gasteiger partial charge in [0, 0.05) is 25.3 Å². The van der Waals surface area contributed by atoms with Gasteiger partial charge in [-0.05, 0) is 80.6 Å². The topological polar surface area (TPSA) is 81.5 Å². The number of piperidine rings is 1. The van der Waals surface area contributed by atoms with Crippen LogP contribution in [-0.2, 0) is 14.8 Å². The lowest BCUT2D eigenvalue weighted by Gasteiger charge is -2.38. The van der Waals surface area contributed by atoms with Crippen LogP contribution in [0.3, 0.4) is 0 Å². The summed E-state index contributed by atoms with van der Waals surface area (Å²) in [7, 11) is -3.72.